The number of aromatic nitrogens is 1. The predicted octanol–water partition coefficient (Wildman–Crippen LogP) is 9.01. The van der Waals surface area contributed by atoms with E-state index in [-0.39, 0.29) is 5.41 Å². The minimum Gasteiger partial charge on any atom is -0.0596 e. The van der Waals surface area contributed by atoms with Gasteiger partial charge < -0.3 is 0 Å². The van der Waals surface area contributed by atoms with Gasteiger partial charge in [0.2, 0.25) is 0 Å². The molecule has 35 heavy (non-hydrogen) atoms. The maximum atomic E-state index is 9.00. The summed E-state index contributed by atoms with van der Waals surface area (Å²) >= 11 is -1.83. The van der Waals surface area contributed by atoms with Crippen molar-refractivity contribution in [1.82, 2.24) is 4.98 Å². The Balaban J connectivity index is 1.58. The molecule has 0 N–H and O–H groups in total. The van der Waals surface area contributed by atoms with Crippen LogP contribution < -0.4 is 4.40 Å². The molecule has 3 heteroatoms. The molecule has 5 rings (SSSR count). The first-order valence-electron chi connectivity index (χ1n) is 12.9. The van der Waals surface area contributed by atoms with E-state index in [4.69, 9.17) is 5.79 Å². The molecule has 2 aromatic heterocycles. The standard InChI is InChI=1S/C32H35GeNO/c1-21(32(2,3)4)23-16-17-34-29(20-23)25-11-15-31-28(19-25)27-18-24(10-14-30(27)35-31)22-8-12-26(13-9-22)33(5,6)7/h8-21H,1-7H3/i21D. The van der Waals surface area contributed by atoms with Crippen molar-refractivity contribution in [3.63, 3.8) is 0 Å². The topological polar surface area (TPSA) is 26.0 Å². The van der Waals surface area contributed by atoms with Crippen LogP contribution >= 0.6 is 0 Å². The molecular formula is C32H35GeNO. The number of fused-ring (bicyclic) bond motifs is 3. The van der Waals surface area contributed by atoms with E-state index in [0.717, 1.165) is 38.8 Å². The number of hydrogen-bond donors (Lipinski definition) is 0. The summed E-state index contributed by atoms with van der Waals surface area (Å²) < 4.78 is 16.7. The number of benzene rings is 3. The van der Waals surface area contributed by atoms with Gasteiger partial charge in [-0.3, -0.25) is 0 Å². The Morgan fingerprint density at radius 3 is 1.94 bits per heavy atom. The van der Waals surface area contributed by atoms with Gasteiger partial charge in [-0.05, 0) is 22.9 Å². The van der Waals surface area contributed by atoms with Crippen molar-refractivity contribution in [3.05, 3.63) is 84.6 Å². The molecule has 1 unspecified atom stereocenters. The van der Waals surface area contributed by atoms with Gasteiger partial charge in [0, 0.05) is 7.57 Å². The van der Waals surface area contributed by atoms with Crippen molar-refractivity contribution in [3.8, 4) is 22.4 Å². The van der Waals surface area contributed by atoms with Crippen LogP contribution in [0.5, 0.6) is 0 Å². The zero-order valence-corrected chi connectivity index (χ0v) is 24.0. The monoisotopic (exact) mass is 524 g/mol. The van der Waals surface area contributed by atoms with Crippen LogP contribution in [0.2, 0.25) is 17.3 Å². The van der Waals surface area contributed by atoms with Gasteiger partial charge in [-0.15, -0.1) is 0 Å². The summed E-state index contributed by atoms with van der Waals surface area (Å²) in [4.78, 5) is 4.66. The number of furan rings is 1. The Labute approximate surface area is 213 Å². The molecule has 0 radical (unpaired) electrons. The predicted molar refractivity (Wildman–Crippen MR) is 153 cm³/mol. The number of pyridine rings is 1. The van der Waals surface area contributed by atoms with Crippen molar-refractivity contribution in [1.29, 1.82) is 0 Å². The van der Waals surface area contributed by atoms with Gasteiger partial charge in [0.1, 0.15) is 0 Å². The summed E-state index contributed by atoms with van der Waals surface area (Å²) in [6, 6.07) is 25.9. The molecule has 1 atom stereocenters. The molecule has 0 saturated heterocycles. The van der Waals surface area contributed by atoms with Crippen LogP contribution in [-0.4, -0.2) is 18.3 Å². The Kier molecular flexibility index (Phi) is 5.60. The summed E-state index contributed by atoms with van der Waals surface area (Å²) in [6.07, 6.45) is 1.82. The Bertz CT molecular complexity index is 1570. The molecule has 0 aliphatic carbocycles. The average Bonchev–Trinajstić information content (AvgIpc) is 3.20. The normalized spacial score (nSPS) is 14.8. The fraction of sp³-hybridized carbons (Fsp3) is 0.281. The molecule has 0 bridgehead atoms. The molecule has 3 aromatic carbocycles. The number of rotatable bonds is 4. The first-order valence-corrected chi connectivity index (χ1v) is 19.7. The van der Waals surface area contributed by atoms with Crippen molar-refractivity contribution in [2.45, 2.75) is 50.9 Å². The fourth-order valence-electron chi connectivity index (χ4n) is 4.53. The van der Waals surface area contributed by atoms with Crippen molar-refractivity contribution in [2.75, 3.05) is 0 Å². The average molecular weight is 523 g/mol. The van der Waals surface area contributed by atoms with Crippen LogP contribution in [0.4, 0.5) is 0 Å². The molecule has 2 nitrogen and oxygen atoms in total. The minimum absolute atomic E-state index is 0.194. The first-order chi connectivity index (χ1) is 16.8. The molecular weight excluding hydrogens is 487 g/mol. The molecule has 0 aliphatic rings. The third kappa shape index (κ3) is 4.69. The third-order valence-corrected chi connectivity index (χ3v) is 11.5. The number of hydrogen-bond acceptors (Lipinski definition) is 2. The van der Waals surface area contributed by atoms with Gasteiger partial charge in [-0.25, -0.2) is 0 Å². The summed E-state index contributed by atoms with van der Waals surface area (Å²) in [7, 11) is 0. The van der Waals surface area contributed by atoms with E-state index in [0.29, 0.717) is 0 Å². The zero-order valence-electron chi connectivity index (χ0n) is 22.9. The van der Waals surface area contributed by atoms with E-state index in [1.54, 1.807) is 0 Å². The molecule has 0 aliphatic heterocycles. The molecule has 0 saturated carbocycles. The summed E-state index contributed by atoms with van der Waals surface area (Å²) in [5.41, 5.74) is 6.87. The van der Waals surface area contributed by atoms with Crippen molar-refractivity contribution in [2.24, 2.45) is 5.41 Å². The van der Waals surface area contributed by atoms with E-state index in [1.165, 1.54) is 15.5 Å². The van der Waals surface area contributed by atoms with Crippen molar-refractivity contribution >= 4 is 39.6 Å². The molecule has 0 fully saturated rings. The molecule has 0 amide bonds. The SMILES string of the molecule is [2H]C(C)(c1ccnc(-c2ccc3oc4ccc(-c5cc[c]([Ge]([CH3])([CH3])[CH3])cc5)cc4c3c2)c1)C(C)(C)C. The van der Waals surface area contributed by atoms with Crippen LogP contribution in [0.1, 0.15) is 40.5 Å². The Hall–Kier alpha value is -2.85. The molecule has 5 aromatic rings. The van der Waals surface area contributed by atoms with E-state index in [2.05, 4.69) is 104 Å². The van der Waals surface area contributed by atoms with Gasteiger partial charge in [-0.1, -0.05) is 27.7 Å². The Morgan fingerprint density at radius 2 is 1.34 bits per heavy atom. The van der Waals surface area contributed by atoms with E-state index in [1.807, 2.05) is 25.3 Å². The van der Waals surface area contributed by atoms with Crippen LogP contribution in [0.3, 0.4) is 0 Å². The second-order valence-corrected chi connectivity index (χ2v) is 22.3. The van der Waals surface area contributed by atoms with Gasteiger partial charge in [-0.2, -0.15) is 0 Å². The maximum absolute atomic E-state index is 9.00. The van der Waals surface area contributed by atoms with E-state index in [9.17, 15) is 0 Å². The molecule has 178 valence electrons. The van der Waals surface area contributed by atoms with Gasteiger partial charge in [0.15, 0.2) is 0 Å². The van der Waals surface area contributed by atoms with Crippen LogP contribution in [0.15, 0.2) is 83.4 Å². The second kappa shape index (κ2) is 8.67. The molecule has 2 heterocycles. The van der Waals surface area contributed by atoms with Crippen LogP contribution in [0.25, 0.3) is 44.3 Å². The minimum atomic E-state index is -1.83. The second-order valence-electron chi connectivity index (χ2n) is 11.7. The van der Waals surface area contributed by atoms with Crippen LogP contribution in [0, 0.1) is 5.41 Å². The summed E-state index contributed by atoms with van der Waals surface area (Å²) in [6.45, 7) is 8.32. The number of nitrogens with zero attached hydrogens (tertiary/aromatic N) is 1. The van der Waals surface area contributed by atoms with E-state index >= 15 is 0 Å². The quantitative estimate of drug-likeness (QED) is 0.220. The summed E-state index contributed by atoms with van der Waals surface area (Å²) in [5, 5.41) is 2.19. The van der Waals surface area contributed by atoms with Gasteiger partial charge in [0.25, 0.3) is 0 Å². The first kappa shape index (κ1) is 22.6. The smallest absolute Gasteiger partial charge is 0.0596 e. The van der Waals surface area contributed by atoms with E-state index < -0.39 is 19.2 Å². The van der Waals surface area contributed by atoms with Crippen LogP contribution in [-0.2, 0) is 0 Å². The molecule has 0 spiro atoms. The van der Waals surface area contributed by atoms with Crippen molar-refractivity contribution < 1.29 is 5.79 Å². The van der Waals surface area contributed by atoms with Gasteiger partial charge >= 0.3 is 155 Å². The third-order valence-electron chi connectivity index (χ3n) is 7.17. The fourth-order valence-corrected chi connectivity index (χ4v) is 6.98. The zero-order chi connectivity index (χ0) is 25.9. The summed E-state index contributed by atoms with van der Waals surface area (Å²) in [5.74, 6) is 6.55. The van der Waals surface area contributed by atoms with Gasteiger partial charge in [0.05, 0.1) is 0 Å². The Morgan fingerprint density at radius 1 is 0.771 bits per heavy atom.